The van der Waals surface area contributed by atoms with E-state index in [9.17, 15) is 9.59 Å². The summed E-state index contributed by atoms with van der Waals surface area (Å²) in [7, 11) is 0. The smallest absolute Gasteiger partial charge is 0.258 e. The average molecular weight is 387 g/mol. The van der Waals surface area contributed by atoms with Crippen molar-refractivity contribution in [3.63, 3.8) is 0 Å². The van der Waals surface area contributed by atoms with Crippen LogP contribution in [0.15, 0.2) is 53.3 Å². The number of fused-ring (bicyclic) bond motifs is 2. The lowest BCUT2D eigenvalue weighted by Gasteiger charge is -2.36. The summed E-state index contributed by atoms with van der Waals surface area (Å²) in [6.45, 7) is 0. The molecule has 1 saturated carbocycles. The van der Waals surface area contributed by atoms with Gasteiger partial charge in [0, 0.05) is 18.9 Å². The second kappa shape index (κ2) is 7.47. The minimum absolute atomic E-state index is 0.140. The first-order valence-corrected chi connectivity index (χ1v) is 10.6. The normalized spacial score (nSPS) is 18.4. The quantitative estimate of drug-likeness (QED) is 0.721. The summed E-state index contributed by atoms with van der Waals surface area (Å²) in [5.41, 5.74) is 3.23. The summed E-state index contributed by atoms with van der Waals surface area (Å²) >= 11 is 0. The molecule has 1 N–H and O–H groups in total. The van der Waals surface area contributed by atoms with Gasteiger partial charge in [-0.25, -0.2) is 4.98 Å². The predicted octanol–water partition coefficient (Wildman–Crippen LogP) is 3.92. The van der Waals surface area contributed by atoms with Gasteiger partial charge in [-0.05, 0) is 55.4 Å². The molecule has 0 aliphatic heterocycles. The molecule has 2 aromatic carbocycles. The molecular formula is C24H25N3O2. The van der Waals surface area contributed by atoms with Crippen molar-refractivity contribution in [3.8, 4) is 0 Å². The molecule has 0 spiro atoms. The summed E-state index contributed by atoms with van der Waals surface area (Å²) in [6, 6.07) is 16.4. The highest BCUT2D eigenvalue weighted by Gasteiger charge is 2.39. The maximum absolute atomic E-state index is 13.3. The van der Waals surface area contributed by atoms with Gasteiger partial charge in [0.2, 0.25) is 5.91 Å². The van der Waals surface area contributed by atoms with Gasteiger partial charge in [-0.3, -0.25) is 9.59 Å². The van der Waals surface area contributed by atoms with E-state index in [0.717, 1.165) is 32.1 Å². The zero-order valence-electron chi connectivity index (χ0n) is 16.4. The van der Waals surface area contributed by atoms with E-state index in [1.165, 1.54) is 11.1 Å². The van der Waals surface area contributed by atoms with Gasteiger partial charge in [-0.1, -0.05) is 36.4 Å². The Hall–Kier alpha value is -2.95. The van der Waals surface area contributed by atoms with Crippen molar-refractivity contribution >= 4 is 16.8 Å². The first-order valence-electron chi connectivity index (χ1n) is 10.6. The van der Waals surface area contributed by atoms with Crippen LogP contribution in [0.4, 0.5) is 0 Å². The van der Waals surface area contributed by atoms with Crippen LogP contribution in [0.3, 0.4) is 0 Å². The summed E-state index contributed by atoms with van der Waals surface area (Å²) in [5, 5.41) is 0.584. The Balaban J connectivity index is 1.36. The van der Waals surface area contributed by atoms with Crippen molar-refractivity contribution in [2.45, 2.75) is 57.0 Å². The highest BCUT2D eigenvalue weighted by Crippen LogP contribution is 2.41. The van der Waals surface area contributed by atoms with Crippen LogP contribution in [0.1, 0.15) is 55.1 Å². The SMILES string of the molecule is O=C(CCc1nc2ccccc2c(=O)[nH]1)N(C1CC1)C1CCCc2ccccc21. The molecule has 2 aliphatic carbocycles. The molecule has 1 unspecified atom stereocenters. The molecule has 3 aromatic rings. The number of nitrogens with zero attached hydrogens (tertiary/aromatic N) is 2. The van der Waals surface area contributed by atoms with E-state index in [1.54, 1.807) is 6.07 Å². The van der Waals surface area contributed by atoms with E-state index in [2.05, 4.69) is 39.1 Å². The molecule has 1 amide bonds. The fourth-order valence-corrected chi connectivity index (χ4v) is 4.61. The van der Waals surface area contributed by atoms with E-state index < -0.39 is 0 Å². The van der Waals surface area contributed by atoms with E-state index in [1.807, 2.05) is 18.2 Å². The second-order valence-corrected chi connectivity index (χ2v) is 8.17. The van der Waals surface area contributed by atoms with Crippen molar-refractivity contribution < 1.29 is 4.79 Å². The predicted molar refractivity (Wildman–Crippen MR) is 113 cm³/mol. The standard InChI is InChI=1S/C24H25N3O2/c28-23(15-14-22-25-20-10-4-3-9-19(20)24(29)26-22)27(17-12-13-17)21-11-5-7-16-6-1-2-8-18(16)21/h1-4,6,8-10,17,21H,5,7,11-15H2,(H,25,26,29). The molecule has 0 saturated heterocycles. The molecule has 1 atom stereocenters. The lowest BCUT2D eigenvalue weighted by Crippen LogP contribution is -2.38. The number of para-hydroxylation sites is 1. The Morgan fingerprint density at radius 1 is 1.07 bits per heavy atom. The van der Waals surface area contributed by atoms with Crippen molar-refractivity contribution in [2.75, 3.05) is 0 Å². The number of aryl methyl sites for hydroxylation is 2. The number of hydrogen-bond donors (Lipinski definition) is 1. The first-order chi connectivity index (χ1) is 14.2. The molecule has 2 aliphatic rings. The van der Waals surface area contributed by atoms with E-state index in [0.29, 0.717) is 35.6 Å². The Labute approximate surface area is 169 Å². The Morgan fingerprint density at radius 2 is 1.86 bits per heavy atom. The number of amides is 1. The Bertz CT molecular complexity index is 1120. The third kappa shape index (κ3) is 3.57. The monoisotopic (exact) mass is 387 g/mol. The second-order valence-electron chi connectivity index (χ2n) is 8.17. The number of carbonyl (C=O) groups excluding carboxylic acids is 1. The molecule has 0 radical (unpaired) electrons. The third-order valence-corrected chi connectivity index (χ3v) is 6.14. The van der Waals surface area contributed by atoms with E-state index in [-0.39, 0.29) is 17.5 Å². The molecule has 1 aromatic heterocycles. The van der Waals surface area contributed by atoms with Crippen molar-refractivity contribution in [1.29, 1.82) is 0 Å². The van der Waals surface area contributed by atoms with E-state index >= 15 is 0 Å². The van der Waals surface area contributed by atoms with Gasteiger partial charge in [0.05, 0.1) is 16.9 Å². The largest absolute Gasteiger partial charge is 0.333 e. The number of aromatic nitrogens is 2. The highest BCUT2D eigenvalue weighted by atomic mass is 16.2. The van der Waals surface area contributed by atoms with Crippen LogP contribution in [-0.2, 0) is 17.6 Å². The molecule has 29 heavy (non-hydrogen) atoms. The van der Waals surface area contributed by atoms with Gasteiger partial charge in [0.15, 0.2) is 0 Å². The van der Waals surface area contributed by atoms with Crippen LogP contribution in [0.5, 0.6) is 0 Å². The number of aromatic amines is 1. The molecule has 5 rings (SSSR count). The maximum atomic E-state index is 13.3. The fourth-order valence-electron chi connectivity index (χ4n) is 4.61. The van der Waals surface area contributed by atoms with Crippen LogP contribution in [0.2, 0.25) is 0 Å². The van der Waals surface area contributed by atoms with Crippen LogP contribution in [0.25, 0.3) is 10.9 Å². The number of hydrogen-bond acceptors (Lipinski definition) is 3. The first kappa shape index (κ1) is 18.1. The van der Waals surface area contributed by atoms with Gasteiger partial charge < -0.3 is 9.88 Å². The van der Waals surface area contributed by atoms with Crippen molar-refractivity contribution in [3.05, 3.63) is 75.8 Å². The Morgan fingerprint density at radius 3 is 2.72 bits per heavy atom. The van der Waals surface area contributed by atoms with E-state index in [4.69, 9.17) is 0 Å². The van der Waals surface area contributed by atoms with Crippen molar-refractivity contribution in [2.24, 2.45) is 0 Å². The summed E-state index contributed by atoms with van der Waals surface area (Å²) in [4.78, 5) is 35.1. The van der Waals surface area contributed by atoms with Gasteiger partial charge in [0.25, 0.3) is 5.56 Å². The lowest BCUT2D eigenvalue weighted by atomic mass is 9.86. The maximum Gasteiger partial charge on any atom is 0.258 e. The average Bonchev–Trinajstić information content (AvgIpc) is 3.58. The zero-order valence-corrected chi connectivity index (χ0v) is 16.4. The topological polar surface area (TPSA) is 66.1 Å². The van der Waals surface area contributed by atoms with Crippen LogP contribution >= 0.6 is 0 Å². The number of carbonyl (C=O) groups is 1. The van der Waals surface area contributed by atoms with Gasteiger partial charge in [-0.15, -0.1) is 0 Å². The zero-order chi connectivity index (χ0) is 19.8. The lowest BCUT2D eigenvalue weighted by molar-refractivity contribution is -0.134. The van der Waals surface area contributed by atoms with Crippen LogP contribution in [-0.4, -0.2) is 26.8 Å². The van der Waals surface area contributed by atoms with Gasteiger partial charge >= 0.3 is 0 Å². The molecule has 0 bridgehead atoms. The van der Waals surface area contributed by atoms with Crippen molar-refractivity contribution in [1.82, 2.24) is 14.9 Å². The molecule has 5 nitrogen and oxygen atoms in total. The number of benzene rings is 2. The summed E-state index contributed by atoms with van der Waals surface area (Å²) < 4.78 is 0. The van der Waals surface area contributed by atoms with Gasteiger partial charge in [-0.2, -0.15) is 0 Å². The molecule has 1 fully saturated rings. The number of rotatable bonds is 5. The fraction of sp³-hybridized carbons (Fsp3) is 0.375. The highest BCUT2D eigenvalue weighted by molar-refractivity contribution is 5.79. The molecule has 5 heteroatoms. The van der Waals surface area contributed by atoms with Gasteiger partial charge in [0.1, 0.15) is 5.82 Å². The molecule has 1 heterocycles. The van der Waals surface area contributed by atoms with Crippen LogP contribution in [0, 0.1) is 0 Å². The summed E-state index contributed by atoms with van der Waals surface area (Å²) in [5.74, 6) is 0.756. The molecular weight excluding hydrogens is 362 g/mol. The molecule has 148 valence electrons. The Kier molecular flexibility index (Phi) is 4.66. The number of H-pyrrole nitrogens is 1. The van der Waals surface area contributed by atoms with Crippen LogP contribution < -0.4 is 5.56 Å². The number of nitrogens with one attached hydrogen (secondary N) is 1. The third-order valence-electron chi connectivity index (χ3n) is 6.14. The minimum atomic E-state index is -0.140. The summed E-state index contributed by atoms with van der Waals surface area (Å²) in [6.07, 6.45) is 6.27. The minimum Gasteiger partial charge on any atom is -0.333 e.